The SMILES string of the molecule is NC(CC1CC1)c1cnnn1-c1ccccc1. The molecule has 0 spiro atoms. The zero-order valence-corrected chi connectivity index (χ0v) is 9.66. The molecule has 0 saturated heterocycles. The molecule has 4 heteroatoms. The van der Waals surface area contributed by atoms with Crippen LogP contribution in [0.15, 0.2) is 36.5 Å². The summed E-state index contributed by atoms with van der Waals surface area (Å²) in [5.74, 6) is 0.809. The molecule has 1 atom stereocenters. The van der Waals surface area contributed by atoms with Crippen LogP contribution in [0.4, 0.5) is 0 Å². The Bertz CT molecular complexity index is 487. The van der Waals surface area contributed by atoms with Crippen molar-refractivity contribution in [3.05, 3.63) is 42.2 Å². The summed E-state index contributed by atoms with van der Waals surface area (Å²) >= 11 is 0. The first-order valence-corrected chi connectivity index (χ1v) is 6.06. The Morgan fingerprint density at radius 2 is 2.06 bits per heavy atom. The monoisotopic (exact) mass is 228 g/mol. The van der Waals surface area contributed by atoms with E-state index in [0.29, 0.717) is 0 Å². The number of rotatable bonds is 4. The molecular weight excluding hydrogens is 212 g/mol. The zero-order chi connectivity index (χ0) is 11.7. The summed E-state index contributed by atoms with van der Waals surface area (Å²) in [4.78, 5) is 0. The van der Waals surface area contributed by atoms with Crippen molar-refractivity contribution in [2.45, 2.75) is 25.3 Å². The topological polar surface area (TPSA) is 56.7 Å². The lowest BCUT2D eigenvalue weighted by molar-refractivity contribution is 0.564. The molecule has 1 aliphatic carbocycles. The molecule has 1 aromatic heterocycles. The average molecular weight is 228 g/mol. The van der Waals surface area contributed by atoms with Crippen molar-refractivity contribution in [3.8, 4) is 5.69 Å². The van der Waals surface area contributed by atoms with Gasteiger partial charge in [0, 0.05) is 6.04 Å². The van der Waals surface area contributed by atoms with E-state index in [9.17, 15) is 0 Å². The summed E-state index contributed by atoms with van der Waals surface area (Å²) in [6.07, 6.45) is 5.46. The first-order valence-electron chi connectivity index (χ1n) is 6.06. The van der Waals surface area contributed by atoms with E-state index >= 15 is 0 Å². The summed E-state index contributed by atoms with van der Waals surface area (Å²) in [6, 6.07) is 10.0. The largest absolute Gasteiger partial charge is 0.323 e. The van der Waals surface area contributed by atoms with E-state index in [4.69, 9.17) is 5.73 Å². The fourth-order valence-electron chi connectivity index (χ4n) is 2.10. The van der Waals surface area contributed by atoms with Gasteiger partial charge in [0.2, 0.25) is 0 Å². The van der Waals surface area contributed by atoms with Crippen LogP contribution in [0.2, 0.25) is 0 Å². The maximum atomic E-state index is 6.22. The Labute approximate surface area is 100 Å². The predicted molar refractivity (Wildman–Crippen MR) is 65.6 cm³/mol. The maximum Gasteiger partial charge on any atom is 0.0813 e. The van der Waals surface area contributed by atoms with Gasteiger partial charge in [-0.2, -0.15) is 0 Å². The van der Waals surface area contributed by atoms with Crippen molar-refractivity contribution >= 4 is 0 Å². The fraction of sp³-hybridized carbons (Fsp3) is 0.385. The lowest BCUT2D eigenvalue weighted by Crippen LogP contribution is -2.16. The maximum absolute atomic E-state index is 6.22. The minimum atomic E-state index is 0.0395. The predicted octanol–water partition coefficient (Wildman–Crippen LogP) is 2.07. The van der Waals surface area contributed by atoms with Gasteiger partial charge in [0.1, 0.15) is 0 Å². The molecule has 2 aromatic rings. The molecule has 0 bridgehead atoms. The van der Waals surface area contributed by atoms with Gasteiger partial charge in [-0.3, -0.25) is 0 Å². The van der Waals surface area contributed by atoms with Crippen LogP contribution in [0.5, 0.6) is 0 Å². The Morgan fingerprint density at radius 1 is 1.29 bits per heavy atom. The molecular formula is C13H16N4. The number of hydrogen-bond acceptors (Lipinski definition) is 3. The lowest BCUT2D eigenvalue weighted by atomic mass is 10.1. The zero-order valence-electron chi connectivity index (χ0n) is 9.66. The number of para-hydroxylation sites is 1. The summed E-state index contributed by atoms with van der Waals surface area (Å²) < 4.78 is 1.84. The third-order valence-corrected chi connectivity index (χ3v) is 3.24. The molecule has 88 valence electrons. The standard InChI is InChI=1S/C13H16N4/c14-12(8-10-6-7-10)13-9-15-16-17(13)11-4-2-1-3-5-11/h1-5,9-10,12H,6-8,14H2. The van der Waals surface area contributed by atoms with Crippen LogP contribution in [0.25, 0.3) is 5.69 Å². The molecule has 2 N–H and O–H groups in total. The Kier molecular flexibility index (Phi) is 2.65. The quantitative estimate of drug-likeness (QED) is 0.871. The van der Waals surface area contributed by atoms with Crippen molar-refractivity contribution in [3.63, 3.8) is 0 Å². The minimum Gasteiger partial charge on any atom is -0.323 e. The van der Waals surface area contributed by atoms with Crippen LogP contribution in [0, 0.1) is 5.92 Å². The number of aromatic nitrogens is 3. The highest BCUT2D eigenvalue weighted by Gasteiger charge is 2.26. The van der Waals surface area contributed by atoms with Crippen LogP contribution in [0.1, 0.15) is 31.0 Å². The van der Waals surface area contributed by atoms with Gasteiger partial charge in [0.05, 0.1) is 17.6 Å². The number of benzene rings is 1. The summed E-state index contributed by atoms with van der Waals surface area (Å²) in [5, 5.41) is 8.10. The van der Waals surface area contributed by atoms with E-state index in [0.717, 1.165) is 23.7 Å². The fourth-order valence-corrected chi connectivity index (χ4v) is 2.10. The van der Waals surface area contributed by atoms with Crippen LogP contribution in [-0.4, -0.2) is 15.0 Å². The van der Waals surface area contributed by atoms with Gasteiger partial charge in [-0.15, -0.1) is 5.10 Å². The van der Waals surface area contributed by atoms with Gasteiger partial charge in [0.15, 0.2) is 0 Å². The van der Waals surface area contributed by atoms with Crippen LogP contribution >= 0.6 is 0 Å². The first kappa shape index (κ1) is 10.5. The second-order valence-electron chi connectivity index (χ2n) is 4.69. The Hall–Kier alpha value is -1.68. The normalized spacial score (nSPS) is 17.0. The average Bonchev–Trinajstić information content (AvgIpc) is 3.04. The van der Waals surface area contributed by atoms with Crippen molar-refractivity contribution in [1.82, 2.24) is 15.0 Å². The molecule has 0 aliphatic heterocycles. The van der Waals surface area contributed by atoms with Gasteiger partial charge < -0.3 is 5.73 Å². The number of nitrogens with zero attached hydrogens (tertiary/aromatic N) is 3. The van der Waals surface area contributed by atoms with E-state index in [1.165, 1.54) is 12.8 Å². The molecule has 1 unspecified atom stereocenters. The van der Waals surface area contributed by atoms with E-state index in [1.807, 2.05) is 35.0 Å². The molecule has 4 nitrogen and oxygen atoms in total. The third-order valence-electron chi connectivity index (χ3n) is 3.24. The summed E-state index contributed by atoms with van der Waals surface area (Å²) in [6.45, 7) is 0. The molecule has 0 radical (unpaired) electrons. The molecule has 1 aliphatic rings. The summed E-state index contributed by atoms with van der Waals surface area (Å²) in [5.41, 5.74) is 8.24. The highest BCUT2D eigenvalue weighted by molar-refractivity contribution is 5.32. The van der Waals surface area contributed by atoms with Gasteiger partial charge >= 0.3 is 0 Å². The molecule has 1 fully saturated rings. The molecule has 1 heterocycles. The van der Waals surface area contributed by atoms with Crippen molar-refractivity contribution < 1.29 is 0 Å². The highest BCUT2D eigenvalue weighted by Crippen LogP contribution is 2.36. The highest BCUT2D eigenvalue weighted by atomic mass is 15.4. The van der Waals surface area contributed by atoms with E-state index in [2.05, 4.69) is 10.3 Å². The van der Waals surface area contributed by atoms with E-state index in [-0.39, 0.29) is 6.04 Å². The van der Waals surface area contributed by atoms with Gasteiger partial charge in [-0.25, -0.2) is 4.68 Å². The van der Waals surface area contributed by atoms with Gasteiger partial charge in [0.25, 0.3) is 0 Å². The smallest absolute Gasteiger partial charge is 0.0813 e. The van der Waals surface area contributed by atoms with Crippen LogP contribution in [-0.2, 0) is 0 Å². The molecule has 3 rings (SSSR count). The lowest BCUT2D eigenvalue weighted by Gasteiger charge is -2.12. The molecule has 1 saturated carbocycles. The minimum absolute atomic E-state index is 0.0395. The number of nitrogens with two attached hydrogens (primary N) is 1. The van der Waals surface area contributed by atoms with Crippen molar-refractivity contribution in [1.29, 1.82) is 0 Å². The van der Waals surface area contributed by atoms with Crippen molar-refractivity contribution in [2.75, 3.05) is 0 Å². The van der Waals surface area contributed by atoms with Crippen LogP contribution in [0.3, 0.4) is 0 Å². The Morgan fingerprint density at radius 3 is 2.76 bits per heavy atom. The van der Waals surface area contributed by atoms with E-state index in [1.54, 1.807) is 6.20 Å². The van der Waals surface area contributed by atoms with E-state index < -0.39 is 0 Å². The Balaban J connectivity index is 1.88. The van der Waals surface area contributed by atoms with Gasteiger partial charge in [-0.05, 0) is 24.5 Å². The molecule has 0 amide bonds. The molecule has 17 heavy (non-hydrogen) atoms. The second kappa shape index (κ2) is 4.30. The third kappa shape index (κ3) is 2.22. The molecule has 1 aromatic carbocycles. The first-order chi connectivity index (χ1) is 8.34. The summed E-state index contributed by atoms with van der Waals surface area (Å²) in [7, 11) is 0. The van der Waals surface area contributed by atoms with Gasteiger partial charge in [-0.1, -0.05) is 36.3 Å². The second-order valence-corrected chi connectivity index (χ2v) is 4.69. The van der Waals surface area contributed by atoms with Crippen molar-refractivity contribution in [2.24, 2.45) is 11.7 Å². The number of hydrogen-bond donors (Lipinski definition) is 1. The van der Waals surface area contributed by atoms with Crippen LogP contribution < -0.4 is 5.73 Å².